The maximum Gasteiger partial charge on any atom is 0.289 e. The van der Waals surface area contributed by atoms with E-state index in [4.69, 9.17) is 10.8 Å². The Morgan fingerprint density at radius 3 is 2.33 bits per heavy atom. The summed E-state index contributed by atoms with van der Waals surface area (Å²) < 4.78 is 38.8. The average molecular weight is 242 g/mol. The molecule has 0 aliphatic carbocycles. The minimum atomic E-state index is -3.51. The van der Waals surface area contributed by atoms with Crippen LogP contribution in [-0.2, 0) is 0 Å². The lowest BCUT2D eigenvalue weighted by Crippen LogP contribution is -2.36. The van der Waals surface area contributed by atoms with Gasteiger partial charge >= 0.3 is 0 Å². The molecule has 6 heteroatoms. The van der Waals surface area contributed by atoms with Gasteiger partial charge in [-0.2, -0.15) is 0 Å². The van der Waals surface area contributed by atoms with Crippen LogP contribution >= 0.6 is 12.4 Å². The fraction of sp³-hybridized carbons (Fsp3) is 0.333. The highest BCUT2D eigenvalue weighted by Gasteiger charge is 2.38. The van der Waals surface area contributed by atoms with Crippen molar-refractivity contribution in [1.29, 1.82) is 0 Å². The minimum absolute atomic E-state index is 0. The summed E-state index contributed by atoms with van der Waals surface area (Å²) in [6.07, 6.45) is 0. The molecular weight excluding hydrogens is 231 g/mol. The zero-order valence-corrected chi connectivity index (χ0v) is 8.48. The van der Waals surface area contributed by atoms with E-state index in [0.717, 1.165) is 6.07 Å². The SMILES string of the molecule is Cl.N[C@@H](c1ccccc1F)C(F)(F)CO. The van der Waals surface area contributed by atoms with Crippen LogP contribution in [0.15, 0.2) is 24.3 Å². The molecule has 1 aromatic rings. The van der Waals surface area contributed by atoms with E-state index in [-0.39, 0.29) is 18.0 Å². The van der Waals surface area contributed by atoms with E-state index in [2.05, 4.69) is 0 Å². The third kappa shape index (κ3) is 3.09. The quantitative estimate of drug-likeness (QED) is 0.849. The van der Waals surface area contributed by atoms with Crippen molar-refractivity contribution in [3.8, 4) is 0 Å². The molecule has 0 saturated heterocycles. The Kier molecular flexibility index (Phi) is 5.07. The lowest BCUT2D eigenvalue weighted by molar-refractivity contribution is -0.0718. The predicted molar refractivity (Wildman–Crippen MR) is 52.6 cm³/mol. The van der Waals surface area contributed by atoms with Gasteiger partial charge in [0.05, 0.1) is 6.04 Å². The zero-order chi connectivity index (χ0) is 10.8. The first-order chi connectivity index (χ1) is 6.49. The van der Waals surface area contributed by atoms with Gasteiger partial charge in [-0.3, -0.25) is 0 Å². The molecule has 0 fully saturated rings. The summed E-state index contributed by atoms with van der Waals surface area (Å²) in [6, 6.07) is 3.18. The van der Waals surface area contributed by atoms with E-state index in [1.54, 1.807) is 0 Å². The molecule has 0 bridgehead atoms. The summed E-state index contributed by atoms with van der Waals surface area (Å²) in [7, 11) is 0. The first kappa shape index (κ1) is 14.2. The van der Waals surface area contributed by atoms with Crippen molar-refractivity contribution in [3.05, 3.63) is 35.6 Å². The lowest BCUT2D eigenvalue weighted by atomic mass is 10.0. The number of benzene rings is 1. The second-order valence-electron chi connectivity index (χ2n) is 2.92. The highest BCUT2D eigenvalue weighted by atomic mass is 35.5. The molecule has 1 rings (SSSR count). The maximum atomic E-state index is 13.0. The van der Waals surface area contributed by atoms with Crippen LogP contribution in [0.3, 0.4) is 0 Å². The number of rotatable bonds is 3. The summed E-state index contributed by atoms with van der Waals surface area (Å²) >= 11 is 0. The van der Waals surface area contributed by atoms with Gasteiger partial charge in [-0.1, -0.05) is 18.2 Å². The number of alkyl halides is 2. The molecule has 1 atom stereocenters. The zero-order valence-electron chi connectivity index (χ0n) is 7.66. The molecule has 0 spiro atoms. The van der Waals surface area contributed by atoms with E-state index in [0.29, 0.717) is 0 Å². The molecule has 0 aliphatic heterocycles. The van der Waals surface area contributed by atoms with Crippen molar-refractivity contribution in [3.63, 3.8) is 0 Å². The Morgan fingerprint density at radius 2 is 1.87 bits per heavy atom. The van der Waals surface area contributed by atoms with Gasteiger partial charge in [0.15, 0.2) is 0 Å². The molecule has 0 heterocycles. The predicted octanol–water partition coefficient (Wildman–Crippen LogP) is 1.87. The van der Waals surface area contributed by atoms with E-state index in [9.17, 15) is 13.2 Å². The highest BCUT2D eigenvalue weighted by Crippen LogP contribution is 2.29. The Hall–Kier alpha value is -0.780. The Bertz CT molecular complexity index is 322. The van der Waals surface area contributed by atoms with Gasteiger partial charge < -0.3 is 10.8 Å². The van der Waals surface area contributed by atoms with E-state index < -0.39 is 24.4 Å². The number of halogens is 4. The molecule has 0 amide bonds. The smallest absolute Gasteiger partial charge is 0.289 e. The number of nitrogens with two attached hydrogens (primary N) is 1. The van der Waals surface area contributed by atoms with Crippen molar-refractivity contribution >= 4 is 12.4 Å². The van der Waals surface area contributed by atoms with Gasteiger partial charge in [0.25, 0.3) is 5.92 Å². The molecule has 0 unspecified atom stereocenters. The van der Waals surface area contributed by atoms with Crippen molar-refractivity contribution in [2.24, 2.45) is 5.73 Å². The highest BCUT2D eigenvalue weighted by molar-refractivity contribution is 5.85. The largest absolute Gasteiger partial charge is 0.390 e. The molecule has 15 heavy (non-hydrogen) atoms. The number of hydrogen-bond donors (Lipinski definition) is 2. The van der Waals surface area contributed by atoms with Crippen LogP contribution in [-0.4, -0.2) is 17.6 Å². The van der Waals surface area contributed by atoms with Crippen molar-refractivity contribution in [1.82, 2.24) is 0 Å². The van der Waals surface area contributed by atoms with Crippen LogP contribution in [0.25, 0.3) is 0 Å². The monoisotopic (exact) mass is 241 g/mol. The third-order valence-electron chi connectivity index (χ3n) is 1.91. The molecule has 3 N–H and O–H groups in total. The van der Waals surface area contributed by atoms with E-state index >= 15 is 0 Å². The van der Waals surface area contributed by atoms with Gasteiger partial charge in [0.2, 0.25) is 0 Å². The van der Waals surface area contributed by atoms with Crippen LogP contribution < -0.4 is 5.73 Å². The van der Waals surface area contributed by atoms with Crippen LogP contribution in [0.2, 0.25) is 0 Å². The Morgan fingerprint density at radius 1 is 1.33 bits per heavy atom. The van der Waals surface area contributed by atoms with Gasteiger partial charge in [0.1, 0.15) is 12.4 Å². The first-order valence-electron chi connectivity index (χ1n) is 3.97. The summed E-state index contributed by atoms with van der Waals surface area (Å²) in [4.78, 5) is 0. The average Bonchev–Trinajstić information content (AvgIpc) is 2.17. The van der Waals surface area contributed by atoms with Crippen LogP contribution in [0.1, 0.15) is 11.6 Å². The van der Waals surface area contributed by atoms with Gasteiger partial charge in [-0.05, 0) is 6.07 Å². The van der Waals surface area contributed by atoms with Gasteiger partial charge in [-0.25, -0.2) is 13.2 Å². The summed E-state index contributed by atoms with van der Waals surface area (Å²) in [5, 5.41) is 8.36. The first-order valence-corrected chi connectivity index (χ1v) is 3.97. The van der Waals surface area contributed by atoms with Crippen molar-refractivity contribution < 1.29 is 18.3 Å². The van der Waals surface area contributed by atoms with Gasteiger partial charge in [-0.15, -0.1) is 12.4 Å². The summed E-state index contributed by atoms with van der Waals surface area (Å²) in [5.74, 6) is -4.31. The summed E-state index contributed by atoms with van der Waals surface area (Å²) in [5.41, 5.74) is 4.83. The van der Waals surface area contributed by atoms with Crippen LogP contribution in [0.4, 0.5) is 13.2 Å². The number of aliphatic hydroxyl groups excluding tert-OH is 1. The molecule has 0 radical (unpaired) electrons. The summed E-state index contributed by atoms with van der Waals surface area (Å²) in [6.45, 7) is -1.40. The molecule has 0 saturated carbocycles. The Labute approximate surface area is 91.3 Å². The standard InChI is InChI=1S/C9H10F3NO.ClH/c10-7-4-2-1-3-6(7)8(13)9(11,12)5-14;/h1-4,8,14H,5,13H2;1H/t8-;/m0./s1. The molecule has 0 aliphatic rings. The molecular formula is C9H11ClF3NO. The second kappa shape index (κ2) is 5.34. The third-order valence-corrected chi connectivity index (χ3v) is 1.91. The normalized spacial score (nSPS) is 13.1. The van der Waals surface area contributed by atoms with Crippen LogP contribution in [0.5, 0.6) is 0 Å². The van der Waals surface area contributed by atoms with E-state index in [1.165, 1.54) is 18.2 Å². The number of aliphatic hydroxyl groups is 1. The number of hydrogen-bond acceptors (Lipinski definition) is 2. The molecule has 2 nitrogen and oxygen atoms in total. The lowest BCUT2D eigenvalue weighted by Gasteiger charge is -2.21. The van der Waals surface area contributed by atoms with Gasteiger partial charge in [0, 0.05) is 5.56 Å². The van der Waals surface area contributed by atoms with Crippen LogP contribution in [0, 0.1) is 5.82 Å². The maximum absolute atomic E-state index is 13.0. The fourth-order valence-corrected chi connectivity index (χ4v) is 1.05. The Balaban J connectivity index is 0.00000196. The minimum Gasteiger partial charge on any atom is -0.390 e. The second-order valence-corrected chi connectivity index (χ2v) is 2.92. The van der Waals surface area contributed by atoms with E-state index in [1.807, 2.05) is 0 Å². The van der Waals surface area contributed by atoms with Crippen molar-refractivity contribution in [2.45, 2.75) is 12.0 Å². The molecule has 86 valence electrons. The molecule has 0 aromatic heterocycles. The molecule has 1 aromatic carbocycles. The van der Waals surface area contributed by atoms with Crippen molar-refractivity contribution in [2.75, 3.05) is 6.61 Å². The topological polar surface area (TPSA) is 46.2 Å². The fourth-order valence-electron chi connectivity index (χ4n) is 1.05.